The van der Waals surface area contributed by atoms with Crippen LogP contribution in [0.5, 0.6) is 0 Å². The summed E-state index contributed by atoms with van der Waals surface area (Å²) in [4.78, 5) is 20.2. The topological polar surface area (TPSA) is 47.3 Å². The second-order valence-electron chi connectivity index (χ2n) is 3.33. The molecule has 4 nitrogen and oxygen atoms in total. The van der Waals surface area contributed by atoms with E-state index in [1.165, 1.54) is 0 Å². The standard InChI is InChI=1S/C11H13N3O/c1-3-8-10(9(15)4-2)14-7-5-6-12-11(14)13-8/h5-7H,3-4H2,1-2H3. The molecule has 0 aromatic carbocycles. The first-order valence-corrected chi connectivity index (χ1v) is 5.13. The maximum Gasteiger partial charge on any atom is 0.234 e. The van der Waals surface area contributed by atoms with E-state index in [4.69, 9.17) is 0 Å². The molecule has 0 saturated carbocycles. The van der Waals surface area contributed by atoms with Gasteiger partial charge >= 0.3 is 0 Å². The molecule has 2 heterocycles. The smallest absolute Gasteiger partial charge is 0.234 e. The fourth-order valence-corrected chi connectivity index (χ4v) is 1.64. The molecule has 4 heteroatoms. The third kappa shape index (κ3) is 1.52. The van der Waals surface area contributed by atoms with E-state index < -0.39 is 0 Å². The van der Waals surface area contributed by atoms with E-state index in [1.807, 2.05) is 20.0 Å². The average molecular weight is 203 g/mol. The molecule has 0 fully saturated rings. The van der Waals surface area contributed by atoms with Crippen LogP contribution in [-0.4, -0.2) is 20.2 Å². The normalized spacial score (nSPS) is 10.8. The van der Waals surface area contributed by atoms with Crippen molar-refractivity contribution in [1.82, 2.24) is 14.4 Å². The van der Waals surface area contributed by atoms with Crippen LogP contribution in [0.4, 0.5) is 0 Å². The average Bonchev–Trinajstić information content (AvgIpc) is 2.66. The Balaban J connectivity index is 2.72. The SMILES string of the molecule is CCC(=O)c1c(CC)nc2ncccn12. The summed E-state index contributed by atoms with van der Waals surface area (Å²) < 4.78 is 1.77. The quantitative estimate of drug-likeness (QED) is 0.715. The van der Waals surface area contributed by atoms with Gasteiger partial charge in [-0.15, -0.1) is 0 Å². The van der Waals surface area contributed by atoms with Crippen molar-refractivity contribution in [2.75, 3.05) is 0 Å². The van der Waals surface area contributed by atoms with Crippen LogP contribution in [0.3, 0.4) is 0 Å². The van der Waals surface area contributed by atoms with Crippen LogP contribution in [0.2, 0.25) is 0 Å². The summed E-state index contributed by atoms with van der Waals surface area (Å²) >= 11 is 0. The minimum atomic E-state index is 0.118. The van der Waals surface area contributed by atoms with Crippen LogP contribution >= 0.6 is 0 Å². The zero-order valence-corrected chi connectivity index (χ0v) is 8.90. The van der Waals surface area contributed by atoms with Crippen molar-refractivity contribution in [3.8, 4) is 0 Å². The maximum atomic E-state index is 11.8. The number of ketones is 1. The fourth-order valence-electron chi connectivity index (χ4n) is 1.64. The van der Waals surface area contributed by atoms with Gasteiger partial charge in [0.25, 0.3) is 0 Å². The van der Waals surface area contributed by atoms with Gasteiger partial charge in [0.1, 0.15) is 5.69 Å². The van der Waals surface area contributed by atoms with E-state index in [0.717, 1.165) is 12.1 Å². The number of rotatable bonds is 3. The van der Waals surface area contributed by atoms with Gasteiger partial charge in [-0.25, -0.2) is 9.97 Å². The number of nitrogens with zero attached hydrogens (tertiary/aromatic N) is 3. The molecule has 0 bridgehead atoms. The summed E-state index contributed by atoms with van der Waals surface area (Å²) in [7, 11) is 0. The molecule has 0 spiro atoms. The molecule has 2 rings (SSSR count). The van der Waals surface area contributed by atoms with E-state index in [1.54, 1.807) is 16.7 Å². The lowest BCUT2D eigenvalue weighted by atomic mass is 10.1. The lowest BCUT2D eigenvalue weighted by molar-refractivity contribution is 0.0981. The maximum absolute atomic E-state index is 11.8. The van der Waals surface area contributed by atoms with Crippen molar-refractivity contribution < 1.29 is 4.79 Å². The Labute approximate surface area is 88.0 Å². The monoisotopic (exact) mass is 203 g/mol. The van der Waals surface area contributed by atoms with Crippen LogP contribution in [0.1, 0.15) is 36.5 Å². The third-order valence-corrected chi connectivity index (χ3v) is 2.40. The third-order valence-electron chi connectivity index (χ3n) is 2.40. The molecule has 78 valence electrons. The number of Topliss-reactive ketones (excluding diaryl/α,β-unsaturated/α-hetero) is 1. The molecule has 0 saturated heterocycles. The van der Waals surface area contributed by atoms with Crippen LogP contribution in [-0.2, 0) is 6.42 Å². The Morgan fingerprint density at radius 2 is 2.27 bits per heavy atom. The Morgan fingerprint density at radius 3 is 2.93 bits per heavy atom. The number of hydrogen-bond donors (Lipinski definition) is 0. The van der Waals surface area contributed by atoms with Gasteiger partial charge in [-0.1, -0.05) is 13.8 Å². The van der Waals surface area contributed by atoms with Gasteiger partial charge in [0.15, 0.2) is 5.78 Å². The van der Waals surface area contributed by atoms with E-state index >= 15 is 0 Å². The van der Waals surface area contributed by atoms with E-state index in [0.29, 0.717) is 17.9 Å². The number of hydrogen-bond acceptors (Lipinski definition) is 3. The molecule has 0 aliphatic rings. The van der Waals surface area contributed by atoms with Crippen molar-refractivity contribution in [3.05, 3.63) is 29.8 Å². The van der Waals surface area contributed by atoms with Crippen LogP contribution in [0, 0.1) is 0 Å². The van der Waals surface area contributed by atoms with Crippen molar-refractivity contribution in [2.24, 2.45) is 0 Å². The molecule has 0 radical (unpaired) electrons. The second kappa shape index (κ2) is 3.81. The summed E-state index contributed by atoms with van der Waals surface area (Å²) in [5, 5.41) is 0. The molecule has 0 N–H and O–H groups in total. The molecule has 0 aliphatic heterocycles. The van der Waals surface area contributed by atoms with Gasteiger partial charge in [0, 0.05) is 18.8 Å². The highest BCUT2D eigenvalue weighted by Gasteiger charge is 2.16. The van der Waals surface area contributed by atoms with Crippen LogP contribution in [0.15, 0.2) is 18.5 Å². The number of carbonyl (C=O) groups excluding carboxylic acids is 1. The molecule has 2 aromatic heterocycles. The van der Waals surface area contributed by atoms with Crippen LogP contribution < -0.4 is 0 Å². The summed E-state index contributed by atoms with van der Waals surface area (Å²) in [5.74, 6) is 0.721. The molecule has 0 atom stereocenters. The highest BCUT2D eigenvalue weighted by atomic mass is 16.1. The molecule has 0 amide bonds. The number of aromatic nitrogens is 3. The minimum Gasteiger partial charge on any atom is -0.292 e. The number of aryl methyl sites for hydroxylation is 1. The summed E-state index contributed by atoms with van der Waals surface area (Å²) in [5.41, 5.74) is 1.52. The number of carbonyl (C=O) groups is 1. The molecule has 0 aliphatic carbocycles. The summed E-state index contributed by atoms with van der Waals surface area (Å²) in [6, 6.07) is 1.81. The first kappa shape index (κ1) is 9.83. The van der Waals surface area contributed by atoms with Crippen molar-refractivity contribution >= 4 is 11.6 Å². The zero-order valence-electron chi connectivity index (χ0n) is 8.90. The Kier molecular flexibility index (Phi) is 2.49. The first-order chi connectivity index (χ1) is 7.27. The predicted molar refractivity (Wildman–Crippen MR) is 57.0 cm³/mol. The second-order valence-corrected chi connectivity index (χ2v) is 3.33. The summed E-state index contributed by atoms with van der Waals surface area (Å²) in [6.07, 6.45) is 4.76. The van der Waals surface area contributed by atoms with E-state index in [2.05, 4.69) is 9.97 Å². The molecule has 2 aromatic rings. The molecule has 15 heavy (non-hydrogen) atoms. The first-order valence-electron chi connectivity index (χ1n) is 5.13. The highest BCUT2D eigenvalue weighted by Crippen LogP contribution is 2.13. The minimum absolute atomic E-state index is 0.118. The largest absolute Gasteiger partial charge is 0.292 e. The Morgan fingerprint density at radius 1 is 1.47 bits per heavy atom. The summed E-state index contributed by atoms with van der Waals surface area (Å²) in [6.45, 7) is 3.85. The van der Waals surface area contributed by atoms with Crippen molar-refractivity contribution in [2.45, 2.75) is 26.7 Å². The van der Waals surface area contributed by atoms with Gasteiger partial charge in [-0.3, -0.25) is 9.20 Å². The number of imidazole rings is 1. The van der Waals surface area contributed by atoms with Gasteiger partial charge in [-0.05, 0) is 12.5 Å². The lowest BCUT2D eigenvalue weighted by Gasteiger charge is -1.99. The van der Waals surface area contributed by atoms with Gasteiger partial charge in [0.2, 0.25) is 5.78 Å². The van der Waals surface area contributed by atoms with Gasteiger partial charge in [-0.2, -0.15) is 0 Å². The van der Waals surface area contributed by atoms with Crippen molar-refractivity contribution in [1.29, 1.82) is 0 Å². The van der Waals surface area contributed by atoms with E-state index in [9.17, 15) is 4.79 Å². The molecular weight excluding hydrogens is 190 g/mol. The highest BCUT2D eigenvalue weighted by molar-refractivity contribution is 5.96. The zero-order chi connectivity index (χ0) is 10.8. The van der Waals surface area contributed by atoms with Gasteiger partial charge in [0.05, 0.1) is 5.69 Å². The van der Waals surface area contributed by atoms with Crippen molar-refractivity contribution in [3.63, 3.8) is 0 Å². The predicted octanol–water partition coefficient (Wildman–Crippen LogP) is 1.88. The van der Waals surface area contributed by atoms with Gasteiger partial charge < -0.3 is 0 Å². The number of fused-ring (bicyclic) bond motifs is 1. The van der Waals surface area contributed by atoms with Crippen LogP contribution in [0.25, 0.3) is 5.78 Å². The molecule has 0 unspecified atom stereocenters. The molecular formula is C11H13N3O. The fraction of sp³-hybridized carbons (Fsp3) is 0.364. The lowest BCUT2D eigenvalue weighted by Crippen LogP contribution is -2.05. The Bertz CT molecular complexity index is 502. The van der Waals surface area contributed by atoms with E-state index in [-0.39, 0.29) is 5.78 Å². The Hall–Kier alpha value is -1.71.